The van der Waals surface area contributed by atoms with Crippen LogP contribution in [0.2, 0.25) is 0 Å². The number of allylic oxidation sites excluding steroid dienone is 1. The molecule has 0 unspecified atom stereocenters. The van der Waals surface area contributed by atoms with Crippen molar-refractivity contribution in [1.29, 1.82) is 5.41 Å². The highest BCUT2D eigenvalue weighted by Gasteiger charge is 2.23. The third-order valence-electron chi connectivity index (χ3n) is 6.46. The zero-order chi connectivity index (χ0) is 22.6. The van der Waals surface area contributed by atoms with Gasteiger partial charge in [-0.05, 0) is 35.8 Å². The average molecular weight is 435 g/mol. The van der Waals surface area contributed by atoms with Crippen LogP contribution in [0.15, 0.2) is 95.6 Å². The van der Waals surface area contributed by atoms with Gasteiger partial charge in [-0.2, -0.15) is 0 Å². The Bertz CT molecular complexity index is 1180. The molecule has 2 aliphatic heterocycles. The van der Waals surface area contributed by atoms with Crippen molar-refractivity contribution in [1.82, 2.24) is 4.90 Å². The molecule has 33 heavy (non-hydrogen) atoms. The Morgan fingerprint density at radius 1 is 0.758 bits per heavy atom. The van der Waals surface area contributed by atoms with Crippen LogP contribution < -0.4 is 4.90 Å². The van der Waals surface area contributed by atoms with Crippen molar-refractivity contribution < 1.29 is 0 Å². The molecule has 0 aliphatic carbocycles. The van der Waals surface area contributed by atoms with Crippen molar-refractivity contribution in [3.63, 3.8) is 0 Å². The van der Waals surface area contributed by atoms with Crippen molar-refractivity contribution in [2.75, 3.05) is 37.6 Å². The minimum absolute atomic E-state index is 0.667. The summed E-state index contributed by atoms with van der Waals surface area (Å²) in [6.45, 7) is 6.59. The lowest BCUT2D eigenvalue weighted by Crippen LogP contribution is -2.46. The van der Waals surface area contributed by atoms with Gasteiger partial charge >= 0.3 is 0 Å². The van der Waals surface area contributed by atoms with Crippen LogP contribution in [0.4, 0.5) is 5.69 Å². The van der Waals surface area contributed by atoms with Gasteiger partial charge in [0.05, 0.1) is 6.54 Å². The quantitative estimate of drug-likeness (QED) is 0.490. The molecule has 1 fully saturated rings. The lowest BCUT2D eigenvalue weighted by Gasteiger charge is -2.38. The third kappa shape index (κ3) is 4.75. The number of para-hydroxylation sites is 1. The van der Waals surface area contributed by atoms with E-state index in [9.17, 15) is 0 Å². The first-order valence-corrected chi connectivity index (χ1v) is 11.7. The van der Waals surface area contributed by atoms with Gasteiger partial charge < -0.3 is 15.2 Å². The van der Waals surface area contributed by atoms with E-state index >= 15 is 0 Å². The molecule has 3 aromatic rings. The maximum Gasteiger partial charge on any atom is 0.0792 e. The summed E-state index contributed by atoms with van der Waals surface area (Å²) in [7, 11) is 0. The number of rotatable bonds is 6. The van der Waals surface area contributed by atoms with E-state index in [0.717, 1.165) is 38.4 Å². The average Bonchev–Trinajstić information content (AvgIpc) is 3.33. The molecule has 4 nitrogen and oxygen atoms in total. The van der Waals surface area contributed by atoms with Gasteiger partial charge in [0.1, 0.15) is 0 Å². The Labute approximate surface area is 196 Å². The predicted octanol–water partition coefficient (Wildman–Crippen LogP) is 5.91. The molecule has 2 heterocycles. The van der Waals surface area contributed by atoms with Crippen LogP contribution >= 0.6 is 0 Å². The first-order chi connectivity index (χ1) is 16.2. The molecule has 0 saturated carbocycles. The number of nitrogens with one attached hydrogen (secondary N) is 1. The number of hydrogen-bond acceptors (Lipinski definition) is 4. The Morgan fingerprint density at radius 3 is 2.09 bits per heavy atom. The van der Waals surface area contributed by atoms with Gasteiger partial charge in [0, 0.05) is 61.0 Å². The zero-order valence-corrected chi connectivity index (χ0v) is 19.2. The SMILES string of the molecule is CC(=N)CC1=NCC(N2CCN(c3ccccc3-c3ccc(-c4ccccc4)cc3)CC2)=C1. The Balaban J connectivity index is 1.29. The predicted molar refractivity (Wildman–Crippen MR) is 140 cm³/mol. The monoisotopic (exact) mass is 434 g/mol. The third-order valence-corrected chi connectivity index (χ3v) is 6.46. The van der Waals surface area contributed by atoms with Crippen LogP contribution in [0.1, 0.15) is 13.3 Å². The molecule has 166 valence electrons. The second kappa shape index (κ2) is 9.45. The Hall–Kier alpha value is -3.66. The van der Waals surface area contributed by atoms with E-state index in [-0.39, 0.29) is 0 Å². The highest BCUT2D eigenvalue weighted by molar-refractivity contribution is 6.09. The van der Waals surface area contributed by atoms with Gasteiger partial charge in [0.15, 0.2) is 0 Å². The molecular weight excluding hydrogens is 404 g/mol. The summed E-state index contributed by atoms with van der Waals surface area (Å²) in [6, 6.07) is 28.2. The number of anilines is 1. The van der Waals surface area contributed by atoms with Crippen LogP contribution in [0, 0.1) is 5.41 Å². The standard InChI is InChI=1S/C29H30N4/c1-22(30)19-26-20-27(21-31-26)32-15-17-33(18-16-32)29-10-6-5-9-28(29)25-13-11-24(12-14-25)23-7-3-2-4-8-23/h2-14,20,30H,15-19,21H2,1H3. The molecule has 4 heteroatoms. The van der Waals surface area contributed by atoms with Gasteiger partial charge in [0.25, 0.3) is 0 Å². The molecule has 1 N–H and O–H groups in total. The van der Waals surface area contributed by atoms with Crippen molar-refractivity contribution in [3.05, 3.63) is 90.6 Å². The maximum atomic E-state index is 7.71. The van der Waals surface area contributed by atoms with Crippen LogP contribution in [0.25, 0.3) is 22.3 Å². The molecule has 0 atom stereocenters. The normalized spacial score (nSPS) is 15.9. The molecule has 3 aromatic carbocycles. The van der Waals surface area contributed by atoms with Crippen LogP contribution in [0.3, 0.4) is 0 Å². The van der Waals surface area contributed by atoms with E-state index in [0.29, 0.717) is 12.1 Å². The topological polar surface area (TPSA) is 42.7 Å². The minimum atomic E-state index is 0.667. The van der Waals surface area contributed by atoms with Crippen molar-refractivity contribution in [2.24, 2.45) is 4.99 Å². The van der Waals surface area contributed by atoms with Crippen molar-refractivity contribution in [3.8, 4) is 22.3 Å². The molecule has 0 spiro atoms. The van der Waals surface area contributed by atoms with E-state index in [1.54, 1.807) is 0 Å². The fourth-order valence-corrected chi connectivity index (χ4v) is 4.74. The van der Waals surface area contributed by atoms with Gasteiger partial charge in [-0.25, -0.2) is 0 Å². The number of hydrogen-bond donors (Lipinski definition) is 1. The molecule has 0 amide bonds. The largest absolute Gasteiger partial charge is 0.370 e. The van der Waals surface area contributed by atoms with Crippen LogP contribution in [-0.2, 0) is 0 Å². The van der Waals surface area contributed by atoms with Gasteiger partial charge in [-0.1, -0.05) is 72.8 Å². The Kier molecular flexibility index (Phi) is 6.07. The summed E-state index contributed by atoms with van der Waals surface area (Å²) in [4.78, 5) is 9.59. The van der Waals surface area contributed by atoms with E-state index in [1.165, 1.54) is 33.6 Å². The zero-order valence-electron chi connectivity index (χ0n) is 19.2. The lowest BCUT2D eigenvalue weighted by molar-refractivity contribution is 0.320. The van der Waals surface area contributed by atoms with E-state index in [1.807, 2.05) is 6.92 Å². The number of piperazine rings is 1. The van der Waals surface area contributed by atoms with E-state index < -0.39 is 0 Å². The van der Waals surface area contributed by atoms with Crippen LogP contribution in [-0.4, -0.2) is 49.0 Å². The molecule has 0 aromatic heterocycles. The van der Waals surface area contributed by atoms with Crippen molar-refractivity contribution >= 4 is 17.1 Å². The minimum Gasteiger partial charge on any atom is -0.370 e. The fraction of sp³-hybridized carbons (Fsp3) is 0.241. The fourth-order valence-electron chi connectivity index (χ4n) is 4.74. The van der Waals surface area contributed by atoms with Gasteiger partial charge in [0.2, 0.25) is 0 Å². The first kappa shape index (κ1) is 21.2. The van der Waals surface area contributed by atoms with Gasteiger partial charge in [-0.3, -0.25) is 4.99 Å². The first-order valence-electron chi connectivity index (χ1n) is 11.7. The maximum absolute atomic E-state index is 7.71. The smallest absolute Gasteiger partial charge is 0.0792 e. The summed E-state index contributed by atoms with van der Waals surface area (Å²) in [6.07, 6.45) is 2.86. The van der Waals surface area contributed by atoms with Gasteiger partial charge in [-0.15, -0.1) is 0 Å². The summed E-state index contributed by atoms with van der Waals surface area (Å²) < 4.78 is 0. The number of nitrogens with zero attached hydrogens (tertiary/aromatic N) is 3. The summed E-state index contributed by atoms with van der Waals surface area (Å²) in [5.41, 5.74) is 9.36. The highest BCUT2D eigenvalue weighted by atomic mass is 15.3. The molecule has 0 radical (unpaired) electrons. The summed E-state index contributed by atoms with van der Waals surface area (Å²) >= 11 is 0. The summed E-state index contributed by atoms with van der Waals surface area (Å²) in [5, 5.41) is 7.71. The lowest BCUT2D eigenvalue weighted by atomic mass is 9.98. The van der Waals surface area contributed by atoms with E-state index in [2.05, 4.69) is 99.7 Å². The molecule has 1 saturated heterocycles. The number of aliphatic imine (C=N–C) groups is 1. The van der Waals surface area contributed by atoms with Crippen molar-refractivity contribution in [2.45, 2.75) is 13.3 Å². The second-order valence-electron chi connectivity index (χ2n) is 8.83. The molecule has 5 rings (SSSR count). The highest BCUT2D eigenvalue weighted by Crippen LogP contribution is 2.33. The Morgan fingerprint density at radius 2 is 1.36 bits per heavy atom. The van der Waals surface area contributed by atoms with Crippen LogP contribution in [0.5, 0.6) is 0 Å². The second-order valence-corrected chi connectivity index (χ2v) is 8.83. The molecule has 2 aliphatic rings. The van der Waals surface area contributed by atoms with E-state index in [4.69, 9.17) is 5.41 Å². The molecular formula is C29H30N4. The number of benzene rings is 3. The summed E-state index contributed by atoms with van der Waals surface area (Å²) in [5.74, 6) is 0. The molecule has 0 bridgehead atoms.